The largest absolute Gasteiger partial charge is 0.456 e. The first-order valence-corrected chi connectivity index (χ1v) is 21.7. The van der Waals surface area contributed by atoms with Gasteiger partial charge in [-0.25, -0.2) is 15.0 Å². The van der Waals surface area contributed by atoms with Crippen molar-refractivity contribution in [3.8, 4) is 39.9 Å². The predicted molar refractivity (Wildman–Crippen MR) is 265 cm³/mol. The molecule has 0 amide bonds. The summed E-state index contributed by atoms with van der Waals surface area (Å²) in [6.07, 6.45) is 0. The Morgan fingerprint density at radius 2 is 0.859 bits per heavy atom. The lowest BCUT2D eigenvalue weighted by Gasteiger charge is -2.14. The van der Waals surface area contributed by atoms with E-state index in [1.54, 1.807) is 0 Å². The minimum absolute atomic E-state index is 0.571. The Bertz CT molecular complexity index is 4270. The van der Waals surface area contributed by atoms with Crippen LogP contribution in [0.1, 0.15) is 0 Å². The Hall–Kier alpha value is -8.67. The van der Waals surface area contributed by atoms with Crippen LogP contribution in [0.2, 0.25) is 0 Å². The molecule has 5 nitrogen and oxygen atoms in total. The first-order chi connectivity index (χ1) is 31.7. The van der Waals surface area contributed by atoms with Gasteiger partial charge in [0.1, 0.15) is 11.2 Å². The van der Waals surface area contributed by atoms with Gasteiger partial charge in [-0.3, -0.25) is 0 Å². The molecule has 0 atom stereocenters. The molecule has 0 spiro atoms. The quantitative estimate of drug-likeness (QED) is 0.166. The van der Waals surface area contributed by atoms with Gasteiger partial charge in [0, 0.05) is 49.7 Å². The molecule has 0 bridgehead atoms. The van der Waals surface area contributed by atoms with E-state index in [4.69, 9.17) is 19.4 Å². The van der Waals surface area contributed by atoms with E-state index in [0.717, 1.165) is 71.5 Å². The molecule has 0 aliphatic carbocycles. The van der Waals surface area contributed by atoms with Crippen LogP contribution < -0.4 is 0 Å². The zero-order valence-electron chi connectivity index (χ0n) is 34.3. The lowest BCUT2D eigenvalue weighted by molar-refractivity contribution is 0.668. The second-order valence-electron chi connectivity index (χ2n) is 16.8. The van der Waals surface area contributed by atoms with E-state index in [1.165, 1.54) is 48.5 Å². The van der Waals surface area contributed by atoms with Gasteiger partial charge in [-0.05, 0) is 84.9 Å². The second-order valence-corrected chi connectivity index (χ2v) is 16.8. The third kappa shape index (κ3) is 5.28. The highest BCUT2D eigenvalue weighted by Gasteiger charge is 2.23. The molecular weight excluding hydrogens is 781 g/mol. The molecule has 14 rings (SSSR count). The van der Waals surface area contributed by atoms with Gasteiger partial charge >= 0.3 is 0 Å². The van der Waals surface area contributed by atoms with Crippen molar-refractivity contribution in [1.82, 2.24) is 19.5 Å². The maximum absolute atomic E-state index is 6.81. The minimum Gasteiger partial charge on any atom is -0.456 e. The first kappa shape index (κ1) is 35.0. The summed E-state index contributed by atoms with van der Waals surface area (Å²) in [4.78, 5) is 16.1. The first-order valence-electron chi connectivity index (χ1n) is 21.7. The number of nitrogens with zero attached hydrogens (tertiary/aromatic N) is 4. The van der Waals surface area contributed by atoms with Crippen molar-refractivity contribution < 1.29 is 4.42 Å². The molecule has 14 aromatic rings. The number of para-hydroxylation sites is 1. The SMILES string of the molecule is c1ccc2cc(-c3nc(-c4ccc5c(ccc6ccccc65)c4)nc(-c4cc(-n5c6cc7ccccc7cc6c6ccc7ccccc7c65)cc5oc6ccccc6c45)n3)ccc2c1. The molecule has 3 aromatic heterocycles. The van der Waals surface area contributed by atoms with Gasteiger partial charge < -0.3 is 8.98 Å². The average Bonchev–Trinajstić information content (AvgIpc) is 3.90. The smallest absolute Gasteiger partial charge is 0.164 e. The summed E-state index contributed by atoms with van der Waals surface area (Å²) < 4.78 is 9.22. The van der Waals surface area contributed by atoms with Crippen molar-refractivity contribution in [3.05, 3.63) is 206 Å². The molecule has 0 saturated heterocycles. The molecule has 64 heavy (non-hydrogen) atoms. The van der Waals surface area contributed by atoms with Gasteiger partial charge in [0.15, 0.2) is 17.5 Å². The van der Waals surface area contributed by atoms with Gasteiger partial charge in [0.25, 0.3) is 0 Å². The molecule has 0 N–H and O–H groups in total. The van der Waals surface area contributed by atoms with Gasteiger partial charge in [-0.2, -0.15) is 0 Å². The Kier molecular flexibility index (Phi) is 7.33. The zero-order chi connectivity index (χ0) is 41.9. The standard InChI is InChI=1S/C59H34N4O/c1-2-14-38-29-42(24-21-35(38)11-1)57-60-58(43-26-27-46-41(30-43)23-22-36-12-5-7-17-45(36)46)62-59(61-57)51-33-44(34-54-55(51)49-19-9-10-20-53(49)64-54)63-52-32-40-16-4-3-15-39(40)31-50(52)48-28-25-37-13-6-8-18-47(37)56(48)63/h1-34H. The van der Waals surface area contributed by atoms with Crippen LogP contribution in [0.25, 0.3) is 137 Å². The molecule has 0 unspecified atom stereocenters. The number of rotatable bonds is 4. The number of furan rings is 1. The molecule has 0 aliphatic heterocycles. The number of aromatic nitrogens is 4. The normalized spacial score (nSPS) is 12.1. The summed E-state index contributed by atoms with van der Waals surface area (Å²) in [5.41, 5.74) is 7.48. The van der Waals surface area contributed by atoms with E-state index >= 15 is 0 Å². The molecule has 0 saturated carbocycles. The van der Waals surface area contributed by atoms with Crippen LogP contribution in [0, 0.1) is 0 Å². The summed E-state index contributed by atoms with van der Waals surface area (Å²) in [6, 6.07) is 73.5. The molecule has 3 heterocycles. The molecule has 0 aliphatic rings. The highest BCUT2D eigenvalue weighted by molar-refractivity contribution is 6.21. The summed E-state index contributed by atoms with van der Waals surface area (Å²) in [5, 5.41) is 16.1. The Morgan fingerprint density at radius 1 is 0.328 bits per heavy atom. The monoisotopic (exact) mass is 814 g/mol. The van der Waals surface area contributed by atoms with E-state index in [-0.39, 0.29) is 0 Å². The predicted octanol–water partition coefficient (Wildman–Crippen LogP) is 15.6. The lowest BCUT2D eigenvalue weighted by Crippen LogP contribution is -2.02. The van der Waals surface area contributed by atoms with Crippen LogP contribution in [0.15, 0.2) is 211 Å². The van der Waals surface area contributed by atoms with Crippen molar-refractivity contribution >= 4 is 97.6 Å². The van der Waals surface area contributed by atoms with Crippen LogP contribution >= 0.6 is 0 Å². The zero-order valence-corrected chi connectivity index (χ0v) is 34.3. The number of hydrogen-bond donors (Lipinski definition) is 0. The van der Waals surface area contributed by atoms with E-state index in [1.807, 2.05) is 12.1 Å². The maximum atomic E-state index is 6.81. The Balaban J connectivity index is 1.09. The fourth-order valence-corrected chi connectivity index (χ4v) is 10.1. The van der Waals surface area contributed by atoms with Crippen LogP contribution in [0.5, 0.6) is 0 Å². The van der Waals surface area contributed by atoms with Crippen molar-refractivity contribution in [2.75, 3.05) is 0 Å². The van der Waals surface area contributed by atoms with Crippen LogP contribution in [0.3, 0.4) is 0 Å². The topological polar surface area (TPSA) is 56.7 Å². The molecule has 0 radical (unpaired) electrons. The highest BCUT2D eigenvalue weighted by Crippen LogP contribution is 2.43. The van der Waals surface area contributed by atoms with Gasteiger partial charge in [-0.1, -0.05) is 164 Å². The molecule has 296 valence electrons. The van der Waals surface area contributed by atoms with E-state index in [9.17, 15) is 0 Å². The van der Waals surface area contributed by atoms with Crippen LogP contribution in [0.4, 0.5) is 0 Å². The van der Waals surface area contributed by atoms with E-state index in [0.29, 0.717) is 17.5 Å². The third-order valence-electron chi connectivity index (χ3n) is 13.1. The second kappa shape index (κ2) is 13.4. The van der Waals surface area contributed by atoms with Gasteiger partial charge in [0.05, 0.1) is 16.7 Å². The lowest BCUT2D eigenvalue weighted by atomic mass is 10.00. The summed E-state index contributed by atoms with van der Waals surface area (Å²) >= 11 is 0. The summed E-state index contributed by atoms with van der Waals surface area (Å²) in [5.74, 6) is 1.77. The number of hydrogen-bond acceptors (Lipinski definition) is 4. The van der Waals surface area contributed by atoms with Crippen LogP contribution in [-0.2, 0) is 0 Å². The van der Waals surface area contributed by atoms with Gasteiger partial charge in [0.2, 0.25) is 0 Å². The molecule has 11 aromatic carbocycles. The van der Waals surface area contributed by atoms with Crippen molar-refractivity contribution in [2.45, 2.75) is 0 Å². The maximum Gasteiger partial charge on any atom is 0.164 e. The summed E-state index contributed by atoms with van der Waals surface area (Å²) in [6.45, 7) is 0. The van der Waals surface area contributed by atoms with Crippen LogP contribution in [-0.4, -0.2) is 19.5 Å². The molecule has 5 heteroatoms. The Labute approximate surface area is 366 Å². The van der Waals surface area contributed by atoms with E-state index < -0.39 is 0 Å². The summed E-state index contributed by atoms with van der Waals surface area (Å²) in [7, 11) is 0. The minimum atomic E-state index is 0.571. The number of fused-ring (bicyclic) bond motifs is 13. The fraction of sp³-hybridized carbons (Fsp3) is 0. The average molecular weight is 815 g/mol. The highest BCUT2D eigenvalue weighted by atomic mass is 16.3. The fourth-order valence-electron chi connectivity index (χ4n) is 10.1. The molecular formula is C59H34N4O. The Morgan fingerprint density at radius 3 is 1.66 bits per heavy atom. The van der Waals surface area contributed by atoms with E-state index in [2.05, 4.69) is 199 Å². The number of benzene rings is 11. The van der Waals surface area contributed by atoms with Gasteiger partial charge in [-0.15, -0.1) is 0 Å². The third-order valence-corrected chi connectivity index (χ3v) is 13.1. The van der Waals surface area contributed by atoms with Crippen molar-refractivity contribution in [2.24, 2.45) is 0 Å². The molecule has 0 fully saturated rings. The van der Waals surface area contributed by atoms with Crippen molar-refractivity contribution in [1.29, 1.82) is 0 Å². The van der Waals surface area contributed by atoms with Crippen molar-refractivity contribution in [3.63, 3.8) is 0 Å².